The van der Waals surface area contributed by atoms with Gasteiger partial charge in [0.05, 0.1) is 23.4 Å². The molecule has 3 aromatic rings. The van der Waals surface area contributed by atoms with E-state index in [2.05, 4.69) is 11.0 Å². The zero-order valence-electron chi connectivity index (χ0n) is 17.1. The van der Waals surface area contributed by atoms with Crippen molar-refractivity contribution >= 4 is 27.8 Å². The Labute approximate surface area is 179 Å². The average Bonchev–Trinajstić information content (AvgIpc) is 3.36. The van der Waals surface area contributed by atoms with Crippen molar-refractivity contribution < 1.29 is 13.7 Å². The van der Waals surface area contributed by atoms with Gasteiger partial charge in [-0.1, -0.05) is 36.4 Å². The summed E-state index contributed by atoms with van der Waals surface area (Å²) in [5.41, 5.74) is 3.28. The number of fused-ring (bicyclic) bond motifs is 5. The molecule has 6 heteroatoms. The molecule has 3 atom stereocenters. The molecule has 156 valence electrons. The Balaban J connectivity index is 1.48. The highest BCUT2D eigenvalue weighted by Crippen LogP contribution is 2.48. The van der Waals surface area contributed by atoms with E-state index in [9.17, 15) is 9.00 Å². The fourth-order valence-corrected chi connectivity index (χ4v) is 6.40. The second-order valence-corrected chi connectivity index (χ2v) is 9.68. The number of rotatable bonds is 4. The van der Waals surface area contributed by atoms with Gasteiger partial charge < -0.3 is 4.74 Å². The fraction of sp³-hybridized carbons (Fsp3) is 0.375. The maximum absolute atomic E-state index is 12.8. The number of ether oxygens (including phenoxy) is 1. The predicted octanol–water partition coefficient (Wildman–Crippen LogP) is 4.37. The lowest BCUT2D eigenvalue weighted by atomic mass is 9.82. The van der Waals surface area contributed by atoms with Gasteiger partial charge in [-0.3, -0.25) is 9.11 Å². The lowest BCUT2D eigenvalue weighted by molar-refractivity contribution is 0.172. The second-order valence-electron chi connectivity index (χ2n) is 8.11. The summed E-state index contributed by atoms with van der Waals surface area (Å²) >= 11 is 0. The van der Waals surface area contributed by atoms with Crippen LogP contribution in [0.4, 0.5) is 4.79 Å². The van der Waals surface area contributed by atoms with Crippen LogP contribution >= 0.6 is 0 Å². The molecule has 0 N–H and O–H groups in total. The highest BCUT2D eigenvalue weighted by atomic mass is 32.2. The molecule has 0 spiro atoms. The van der Waals surface area contributed by atoms with E-state index in [0.29, 0.717) is 11.7 Å². The molecule has 0 unspecified atom stereocenters. The fourth-order valence-electron chi connectivity index (χ4n) is 5.30. The summed E-state index contributed by atoms with van der Waals surface area (Å²) < 4.78 is 19.6. The summed E-state index contributed by atoms with van der Waals surface area (Å²) in [5.74, 6) is 1.21. The second kappa shape index (κ2) is 8.00. The van der Waals surface area contributed by atoms with Crippen molar-refractivity contribution in [2.24, 2.45) is 5.92 Å². The molecule has 1 aliphatic carbocycles. The highest BCUT2D eigenvalue weighted by molar-refractivity contribution is 7.85. The molecule has 5 nitrogen and oxygen atoms in total. The minimum atomic E-state index is -1.00. The molecular formula is C24H26N2O3S. The van der Waals surface area contributed by atoms with Gasteiger partial charge >= 0.3 is 6.09 Å². The molecule has 1 saturated heterocycles. The van der Waals surface area contributed by atoms with E-state index in [1.165, 1.54) is 12.7 Å². The summed E-state index contributed by atoms with van der Waals surface area (Å²) in [6.45, 7) is 1.80. The SMILES string of the molecule is COC(=O)n1c2c(c3ccccc31)[C@H]1[C@@H](CC2)CCN1CC[S@](=O)c1ccccc1. The molecule has 2 aromatic carbocycles. The van der Waals surface area contributed by atoms with Gasteiger partial charge in [0, 0.05) is 34.3 Å². The summed E-state index contributed by atoms with van der Waals surface area (Å²) in [4.78, 5) is 16.0. The Bertz CT molecular complexity index is 1110. The topological polar surface area (TPSA) is 51.5 Å². The maximum Gasteiger partial charge on any atom is 0.418 e. The van der Waals surface area contributed by atoms with Gasteiger partial charge in [-0.05, 0) is 55.5 Å². The van der Waals surface area contributed by atoms with E-state index >= 15 is 0 Å². The third-order valence-corrected chi connectivity index (χ3v) is 7.97. The Morgan fingerprint density at radius 2 is 1.87 bits per heavy atom. The molecule has 0 radical (unpaired) electrons. The summed E-state index contributed by atoms with van der Waals surface area (Å²) in [5, 5.41) is 1.14. The van der Waals surface area contributed by atoms with Crippen LogP contribution in [-0.4, -0.2) is 45.7 Å². The van der Waals surface area contributed by atoms with Crippen LogP contribution in [0.3, 0.4) is 0 Å². The predicted molar refractivity (Wildman–Crippen MR) is 118 cm³/mol. The molecule has 0 saturated carbocycles. The summed E-state index contributed by atoms with van der Waals surface area (Å²) in [6.07, 6.45) is 2.80. The van der Waals surface area contributed by atoms with Gasteiger partial charge in [0.1, 0.15) is 0 Å². The normalized spacial score (nSPS) is 21.9. The molecule has 2 heterocycles. The first kappa shape index (κ1) is 19.5. The molecule has 1 fully saturated rings. The van der Waals surface area contributed by atoms with Gasteiger partial charge in [0.15, 0.2) is 0 Å². The first-order chi connectivity index (χ1) is 14.7. The lowest BCUT2D eigenvalue weighted by Gasteiger charge is -2.33. The van der Waals surface area contributed by atoms with E-state index in [-0.39, 0.29) is 12.1 Å². The van der Waals surface area contributed by atoms with E-state index in [1.54, 1.807) is 4.57 Å². The Morgan fingerprint density at radius 3 is 2.67 bits per heavy atom. The molecule has 0 bridgehead atoms. The lowest BCUT2D eigenvalue weighted by Crippen LogP contribution is -2.32. The van der Waals surface area contributed by atoms with E-state index in [4.69, 9.17) is 4.74 Å². The largest absolute Gasteiger partial charge is 0.452 e. The zero-order chi connectivity index (χ0) is 20.7. The smallest absolute Gasteiger partial charge is 0.418 e. The van der Waals surface area contributed by atoms with E-state index < -0.39 is 10.8 Å². The number of carbonyl (C=O) groups is 1. The minimum Gasteiger partial charge on any atom is -0.452 e. The van der Waals surface area contributed by atoms with Crippen molar-refractivity contribution in [3.63, 3.8) is 0 Å². The van der Waals surface area contributed by atoms with E-state index in [0.717, 1.165) is 53.8 Å². The number of likely N-dealkylation sites (tertiary alicyclic amines) is 1. The highest BCUT2D eigenvalue weighted by Gasteiger charge is 2.42. The van der Waals surface area contributed by atoms with Crippen LogP contribution in [0.2, 0.25) is 0 Å². The third kappa shape index (κ3) is 3.19. The molecule has 0 amide bonds. The number of para-hydroxylation sites is 1. The Hall–Kier alpha value is -2.44. The van der Waals surface area contributed by atoms with Crippen LogP contribution in [0.1, 0.15) is 30.1 Å². The van der Waals surface area contributed by atoms with Crippen LogP contribution in [-0.2, 0) is 22.0 Å². The van der Waals surface area contributed by atoms with Gasteiger partial charge in [-0.2, -0.15) is 0 Å². The van der Waals surface area contributed by atoms with Crippen molar-refractivity contribution in [1.82, 2.24) is 9.47 Å². The molecule has 1 aromatic heterocycles. The molecule has 1 aliphatic heterocycles. The zero-order valence-corrected chi connectivity index (χ0v) is 17.9. The number of aromatic nitrogens is 1. The standard InChI is InChI=1S/C24H26N2O3S/c1-29-24(27)26-20-10-6-5-9-19(20)22-21(26)12-11-17-13-14-25(23(17)22)15-16-30(28)18-7-3-2-4-8-18/h2-10,17,23H,11-16H2,1H3/t17-,23+,30-/m0/s1. The number of carbonyl (C=O) groups excluding carboxylic acids is 1. The van der Waals surface area contributed by atoms with Crippen molar-refractivity contribution in [3.05, 3.63) is 65.9 Å². The monoisotopic (exact) mass is 422 g/mol. The van der Waals surface area contributed by atoms with Crippen molar-refractivity contribution in [3.8, 4) is 0 Å². The molecule has 30 heavy (non-hydrogen) atoms. The van der Waals surface area contributed by atoms with Crippen molar-refractivity contribution in [2.45, 2.75) is 30.2 Å². The van der Waals surface area contributed by atoms with Crippen LogP contribution in [0.5, 0.6) is 0 Å². The van der Waals surface area contributed by atoms with Crippen LogP contribution in [0.25, 0.3) is 10.9 Å². The van der Waals surface area contributed by atoms with Crippen LogP contribution < -0.4 is 0 Å². The molecular weight excluding hydrogens is 396 g/mol. The third-order valence-electron chi connectivity index (χ3n) is 6.62. The minimum absolute atomic E-state index is 0.275. The average molecular weight is 423 g/mol. The van der Waals surface area contributed by atoms with Gasteiger partial charge in [0.2, 0.25) is 0 Å². The number of methoxy groups -OCH3 is 1. The maximum atomic E-state index is 12.8. The quantitative estimate of drug-likeness (QED) is 0.626. The summed E-state index contributed by atoms with van der Waals surface area (Å²) in [6, 6.07) is 18.1. The van der Waals surface area contributed by atoms with Crippen molar-refractivity contribution in [1.29, 1.82) is 0 Å². The van der Waals surface area contributed by atoms with Gasteiger partial charge in [-0.15, -0.1) is 0 Å². The molecule has 5 rings (SSSR count). The van der Waals surface area contributed by atoms with Crippen LogP contribution in [0.15, 0.2) is 59.5 Å². The van der Waals surface area contributed by atoms with Crippen LogP contribution in [0, 0.1) is 5.92 Å². The number of nitrogens with zero attached hydrogens (tertiary/aromatic N) is 2. The van der Waals surface area contributed by atoms with Gasteiger partial charge in [0.25, 0.3) is 0 Å². The number of hydrogen-bond donors (Lipinski definition) is 0. The van der Waals surface area contributed by atoms with E-state index in [1.807, 2.05) is 48.5 Å². The first-order valence-electron chi connectivity index (χ1n) is 10.6. The van der Waals surface area contributed by atoms with Crippen molar-refractivity contribution in [2.75, 3.05) is 26.0 Å². The summed E-state index contributed by atoms with van der Waals surface area (Å²) in [7, 11) is 0.439. The Morgan fingerprint density at radius 1 is 1.10 bits per heavy atom. The molecule has 2 aliphatic rings. The Kier molecular flexibility index (Phi) is 5.21. The van der Waals surface area contributed by atoms with Gasteiger partial charge in [-0.25, -0.2) is 9.36 Å². The first-order valence-corrected chi connectivity index (χ1v) is 11.9. The number of benzene rings is 2. The number of hydrogen-bond acceptors (Lipinski definition) is 4.